The van der Waals surface area contributed by atoms with Gasteiger partial charge < -0.3 is 5.73 Å². The lowest BCUT2D eigenvalue weighted by molar-refractivity contribution is 0.917. The number of nitrogen functional groups attached to an aromatic ring is 1. The number of nitrogens with two attached hydrogens (primary N) is 1. The number of benzene rings is 1. The number of anilines is 1. The Morgan fingerprint density at radius 3 is 2.59 bits per heavy atom. The van der Waals surface area contributed by atoms with Crippen molar-refractivity contribution >= 4 is 17.5 Å². The molecule has 0 spiro atoms. The molecule has 0 aliphatic rings. The number of halogens is 1. The zero-order chi connectivity index (χ0) is 12.3. The van der Waals surface area contributed by atoms with Gasteiger partial charge in [0.15, 0.2) is 5.95 Å². The summed E-state index contributed by atoms with van der Waals surface area (Å²) in [4.78, 5) is 17.9. The second-order valence-corrected chi connectivity index (χ2v) is 4.19. The van der Waals surface area contributed by atoms with Gasteiger partial charge in [-0.05, 0) is 30.5 Å². The number of H-pyrrole nitrogens is 1. The molecule has 0 saturated carbocycles. The molecule has 0 bridgehead atoms. The Labute approximate surface area is 103 Å². The highest BCUT2D eigenvalue weighted by atomic mass is 35.5. The molecule has 1 aromatic heterocycles. The third-order valence-corrected chi connectivity index (χ3v) is 2.74. The Morgan fingerprint density at radius 1 is 1.24 bits per heavy atom. The fourth-order valence-electron chi connectivity index (χ4n) is 1.54. The molecule has 2 aromatic rings. The van der Waals surface area contributed by atoms with Crippen LogP contribution < -0.4 is 11.3 Å². The lowest BCUT2D eigenvalue weighted by Gasteiger charge is -2.01. The van der Waals surface area contributed by atoms with Gasteiger partial charge in [0.25, 0.3) is 5.56 Å². The van der Waals surface area contributed by atoms with E-state index in [1.54, 1.807) is 0 Å². The van der Waals surface area contributed by atoms with Crippen molar-refractivity contribution in [2.45, 2.75) is 12.8 Å². The Kier molecular flexibility index (Phi) is 3.44. The minimum atomic E-state index is -0.175. The second kappa shape index (κ2) is 5.01. The molecule has 17 heavy (non-hydrogen) atoms. The smallest absolute Gasteiger partial charge is 0.255 e. The van der Waals surface area contributed by atoms with Gasteiger partial charge in [-0.1, -0.05) is 23.7 Å². The van der Waals surface area contributed by atoms with Crippen molar-refractivity contribution in [3.63, 3.8) is 0 Å². The largest absolute Gasteiger partial charge is 0.369 e. The van der Waals surface area contributed by atoms with Crippen LogP contribution in [0.1, 0.15) is 11.1 Å². The summed E-state index contributed by atoms with van der Waals surface area (Å²) in [6.45, 7) is 0. The number of aryl methyl sites for hydroxylation is 2. The molecule has 0 unspecified atom stereocenters. The van der Waals surface area contributed by atoms with Gasteiger partial charge in [0.05, 0.1) is 0 Å². The molecule has 1 aromatic carbocycles. The van der Waals surface area contributed by atoms with Crippen molar-refractivity contribution in [2.75, 3.05) is 5.73 Å². The molecule has 0 saturated heterocycles. The van der Waals surface area contributed by atoms with E-state index in [-0.39, 0.29) is 11.5 Å². The van der Waals surface area contributed by atoms with Crippen molar-refractivity contribution in [3.05, 3.63) is 57.0 Å². The van der Waals surface area contributed by atoms with E-state index in [0.717, 1.165) is 12.0 Å². The summed E-state index contributed by atoms with van der Waals surface area (Å²) in [7, 11) is 0. The predicted molar refractivity (Wildman–Crippen MR) is 68.1 cm³/mol. The Hall–Kier alpha value is -1.81. The van der Waals surface area contributed by atoms with Gasteiger partial charge in [0, 0.05) is 16.8 Å². The lowest BCUT2D eigenvalue weighted by Crippen LogP contribution is -2.16. The van der Waals surface area contributed by atoms with Gasteiger partial charge in [0.1, 0.15) is 0 Å². The number of nitrogens with zero attached hydrogens (tertiary/aromatic N) is 1. The van der Waals surface area contributed by atoms with Crippen LogP contribution in [-0.4, -0.2) is 9.97 Å². The maximum Gasteiger partial charge on any atom is 0.255 e. The minimum Gasteiger partial charge on any atom is -0.369 e. The molecule has 1 heterocycles. The van der Waals surface area contributed by atoms with Crippen molar-refractivity contribution < 1.29 is 0 Å². The van der Waals surface area contributed by atoms with Gasteiger partial charge in [-0.15, -0.1) is 0 Å². The van der Waals surface area contributed by atoms with E-state index in [4.69, 9.17) is 17.3 Å². The number of aromatic nitrogens is 2. The van der Waals surface area contributed by atoms with Crippen molar-refractivity contribution in [2.24, 2.45) is 0 Å². The second-order valence-electron chi connectivity index (χ2n) is 3.75. The molecule has 4 nitrogen and oxygen atoms in total. The predicted octanol–water partition coefficient (Wildman–Crippen LogP) is 1.79. The van der Waals surface area contributed by atoms with Crippen LogP contribution in [-0.2, 0) is 12.8 Å². The average Bonchev–Trinajstić information content (AvgIpc) is 2.30. The van der Waals surface area contributed by atoms with Crippen LogP contribution in [0.25, 0.3) is 0 Å². The summed E-state index contributed by atoms with van der Waals surface area (Å²) in [6.07, 6.45) is 2.92. The van der Waals surface area contributed by atoms with Crippen molar-refractivity contribution in [1.82, 2.24) is 9.97 Å². The van der Waals surface area contributed by atoms with E-state index in [1.165, 1.54) is 6.20 Å². The molecule has 0 aliphatic carbocycles. The lowest BCUT2D eigenvalue weighted by atomic mass is 10.1. The summed E-state index contributed by atoms with van der Waals surface area (Å²) in [5, 5.41) is 0.709. The number of rotatable bonds is 3. The summed E-state index contributed by atoms with van der Waals surface area (Å²) >= 11 is 5.79. The first-order chi connectivity index (χ1) is 8.15. The summed E-state index contributed by atoms with van der Waals surface area (Å²) in [5.74, 6) is 0.144. The molecule has 0 amide bonds. The third-order valence-electron chi connectivity index (χ3n) is 2.49. The van der Waals surface area contributed by atoms with Gasteiger partial charge in [-0.3, -0.25) is 9.78 Å². The molecule has 0 aliphatic heterocycles. The molecular weight excluding hydrogens is 238 g/mol. The topological polar surface area (TPSA) is 71.8 Å². The van der Waals surface area contributed by atoms with Crippen LogP contribution in [0.2, 0.25) is 5.02 Å². The fourth-order valence-corrected chi connectivity index (χ4v) is 1.67. The highest BCUT2D eigenvalue weighted by Gasteiger charge is 2.02. The molecule has 0 radical (unpaired) electrons. The van der Waals surface area contributed by atoms with Gasteiger partial charge in [-0.25, -0.2) is 4.98 Å². The first-order valence-electron chi connectivity index (χ1n) is 5.23. The minimum absolute atomic E-state index is 0.144. The van der Waals surface area contributed by atoms with E-state index in [1.807, 2.05) is 24.3 Å². The number of aromatic amines is 1. The Morgan fingerprint density at radius 2 is 1.94 bits per heavy atom. The quantitative estimate of drug-likeness (QED) is 0.871. The van der Waals surface area contributed by atoms with E-state index in [0.29, 0.717) is 17.0 Å². The molecule has 0 fully saturated rings. The SMILES string of the molecule is Nc1ncc(CCc2ccc(Cl)cc2)c(=O)[nH]1. The van der Waals surface area contributed by atoms with E-state index in [9.17, 15) is 4.79 Å². The summed E-state index contributed by atoms with van der Waals surface area (Å²) in [6, 6.07) is 7.56. The molecule has 88 valence electrons. The van der Waals surface area contributed by atoms with Gasteiger partial charge in [0.2, 0.25) is 0 Å². The van der Waals surface area contributed by atoms with Crippen LogP contribution in [0.5, 0.6) is 0 Å². The zero-order valence-corrected chi connectivity index (χ0v) is 9.87. The molecule has 3 N–H and O–H groups in total. The van der Waals surface area contributed by atoms with Crippen LogP contribution in [0.4, 0.5) is 5.95 Å². The first-order valence-corrected chi connectivity index (χ1v) is 5.61. The zero-order valence-electron chi connectivity index (χ0n) is 9.11. The van der Waals surface area contributed by atoms with E-state index < -0.39 is 0 Å². The number of hydrogen-bond acceptors (Lipinski definition) is 3. The Balaban J connectivity index is 2.07. The standard InChI is InChI=1S/C12H12ClN3O/c13-10-5-2-8(3-6-10)1-4-9-7-15-12(14)16-11(9)17/h2-3,5-7H,1,4H2,(H3,14,15,16,17). The molecule has 2 rings (SSSR count). The molecule has 5 heteroatoms. The molecular formula is C12H12ClN3O. The van der Waals surface area contributed by atoms with Gasteiger partial charge in [-0.2, -0.15) is 0 Å². The fraction of sp³-hybridized carbons (Fsp3) is 0.167. The van der Waals surface area contributed by atoms with E-state index >= 15 is 0 Å². The monoisotopic (exact) mass is 249 g/mol. The number of hydrogen-bond donors (Lipinski definition) is 2. The van der Waals surface area contributed by atoms with Crippen LogP contribution >= 0.6 is 11.6 Å². The van der Waals surface area contributed by atoms with Gasteiger partial charge >= 0.3 is 0 Å². The summed E-state index contributed by atoms with van der Waals surface area (Å²) < 4.78 is 0. The summed E-state index contributed by atoms with van der Waals surface area (Å²) in [5.41, 5.74) is 6.96. The van der Waals surface area contributed by atoms with Crippen LogP contribution in [0, 0.1) is 0 Å². The normalized spacial score (nSPS) is 10.4. The number of nitrogens with one attached hydrogen (secondary N) is 1. The third kappa shape index (κ3) is 3.07. The highest BCUT2D eigenvalue weighted by Crippen LogP contribution is 2.11. The van der Waals surface area contributed by atoms with Crippen molar-refractivity contribution in [3.8, 4) is 0 Å². The van der Waals surface area contributed by atoms with Crippen LogP contribution in [0.15, 0.2) is 35.3 Å². The van der Waals surface area contributed by atoms with E-state index in [2.05, 4.69) is 9.97 Å². The first kappa shape index (κ1) is 11.7. The Bertz CT molecular complexity index is 563. The van der Waals surface area contributed by atoms with Crippen molar-refractivity contribution in [1.29, 1.82) is 0 Å². The molecule has 0 atom stereocenters. The maximum atomic E-state index is 11.5. The van der Waals surface area contributed by atoms with Crippen LogP contribution in [0.3, 0.4) is 0 Å². The maximum absolute atomic E-state index is 11.5. The highest BCUT2D eigenvalue weighted by molar-refractivity contribution is 6.30. The average molecular weight is 250 g/mol.